The Hall–Kier alpha value is -0.370. The molecule has 2 heteroatoms. The predicted molar refractivity (Wildman–Crippen MR) is 61.9 cm³/mol. The first-order chi connectivity index (χ1) is 7.29. The van der Waals surface area contributed by atoms with Gasteiger partial charge in [-0.2, -0.15) is 0 Å². The Morgan fingerprint density at radius 2 is 2.27 bits per heavy atom. The summed E-state index contributed by atoms with van der Waals surface area (Å²) in [7, 11) is 0. The Bertz CT molecular complexity index is 227. The number of Topliss-reactive ketones (excluding diaryl/α,β-unsaturated/α-hetero) is 1. The van der Waals surface area contributed by atoms with Crippen molar-refractivity contribution < 1.29 is 4.79 Å². The van der Waals surface area contributed by atoms with Gasteiger partial charge in [-0.25, -0.2) is 0 Å². The van der Waals surface area contributed by atoms with E-state index in [0.29, 0.717) is 11.8 Å². The summed E-state index contributed by atoms with van der Waals surface area (Å²) in [5.41, 5.74) is 0. The highest BCUT2D eigenvalue weighted by Crippen LogP contribution is 2.28. The molecule has 2 rings (SSSR count). The number of rotatable bonds is 3. The molecule has 0 aromatic heterocycles. The molecule has 0 bridgehead atoms. The molecule has 1 saturated carbocycles. The zero-order valence-corrected chi connectivity index (χ0v) is 9.87. The van der Waals surface area contributed by atoms with Gasteiger partial charge in [0.1, 0.15) is 5.78 Å². The summed E-state index contributed by atoms with van der Waals surface area (Å²) in [6.07, 6.45) is 8.09. The van der Waals surface area contributed by atoms with E-state index >= 15 is 0 Å². The molecule has 2 atom stereocenters. The molecule has 2 nitrogen and oxygen atoms in total. The Labute approximate surface area is 93.0 Å². The van der Waals surface area contributed by atoms with Gasteiger partial charge in [-0.1, -0.05) is 13.3 Å². The fraction of sp³-hybridized carbons (Fsp3) is 0.923. The third-order valence-electron chi connectivity index (χ3n) is 3.99. The lowest BCUT2D eigenvalue weighted by atomic mass is 9.93. The molecule has 0 spiro atoms. The lowest BCUT2D eigenvalue weighted by Gasteiger charge is -2.30. The molecule has 86 valence electrons. The van der Waals surface area contributed by atoms with Crippen molar-refractivity contribution in [3.05, 3.63) is 0 Å². The number of nitrogens with zero attached hydrogens (tertiary/aromatic N) is 1. The largest absolute Gasteiger partial charge is 0.300 e. The fourth-order valence-electron chi connectivity index (χ4n) is 3.15. The molecule has 2 unspecified atom stereocenters. The summed E-state index contributed by atoms with van der Waals surface area (Å²) in [6.45, 7) is 4.77. The van der Waals surface area contributed by atoms with Gasteiger partial charge in [-0.05, 0) is 38.1 Å². The summed E-state index contributed by atoms with van der Waals surface area (Å²) in [5, 5.41) is 0. The lowest BCUT2D eigenvalue weighted by molar-refractivity contribution is -0.121. The summed E-state index contributed by atoms with van der Waals surface area (Å²) in [6, 6.07) is 0.591. The number of carbonyl (C=O) groups is 1. The van der Waals surface area contributed by atoms with Gasteiger partial charge < -0.3 is 0 Å². The van der Waals surface area contributed by atoms with Gasteiger partial charge >= 0.3 is 0 Å². The maximum atomic E-state index is 11.4. The van der Waals surface area contributed by atoms with E-state index in [-0.39, 0.29) is 0 Å². The number of hydrogen-bond donors (Lipinski definition) is 0. The maximum Gasteiger partial charge on any atom is 0.134 e. The average molecular weight is 209 g/mol. The van der Waals surface area contributed by atoms with E-state index in [1.807, 2.05) is 0 Å². The summed E-state index contributed by atoms with van der Waals surface area (Å²) >= 11 is 0. The fourth-order valence-corrected chi connectivity index (χ4v) is 3.15. The predicted octanol–water partition coefficient (Wildman–Crippen LogP) is 2.62. The highest BCUT2D eigenvalue weighted by atomic mass is 16.1. The van der Waals surface area contributed by atoms with Crippen LogP contribution in [0.3, 0.4) is 0 Å². The molecule has 0 amide bonds. The van der Waals surface area contributed by atoms with Crippen LogP contribution in [0, 0.1) is 5.92 Å². The maximum absolute atomic E-state index is 11.4. The standard InChI is InChI=1S/C13H23NO/c1-2-4-11-7-8-14(10-11)12-5-3-6-13(15)9-12/h11-12H,2-10H2,1H3. The van der Waals surface area contributed by atoms with Crippen LogP contribution >= 0.6 is 0 Å². The molecule has 2 fully saturated rings. The van der Waals surface area contributed by atoms with Crippen molar-refractivity contribution in [2.24, 2.45) is 5.92 Å². The van der Waals surface area contributed by atoms with Crippen molar-refractivity contribution in [2.45, 2.75) is 57.9 Å². The van der Waals surface area contributed by atoms with E-state index in [4.69, 9.17) is 0 Å². The number of hydrogen-bond acceptors (Lipinski definition) is 2. The van der Waals surface area contributed by atoms with Crippen LogP contribution in [-0.2, 0) is 4.79 Å². The van der Waals surface area contributed by atoms with Gasteiger partial charge in [-0.3, -0.25) is 9.69 Å². The molecule has 1 saturated heterocycles. The normalized spacial score (nSPS) is 33.5. The Morgan fingerprint density at radius 3 is 3.00 bits per heavy atom. The second kappa shape index (κ2) is 5.11. The van der Waals surface area contributed by atoms with Crippen LogP contribution in [0.25, 0.3) is 0 Å². The lowest BCUT2D eigenvalue weighted by Crippen LogP contribution is -2.37. The zero-order valence-electron chi connectivity index (χ0n) is 9.87. The van der Waals surface area contributed by atoms with Crippen molar-refractivity contribution in [3.63, 3.8) is 0 Å². The van der Waals surface area contributed by atoms with Gasteiger partial charge in [0.15, 0.2) is 0 Å². The van der Waals surface area contributed by atoms with Crippen molar-refractivity contribution in [1.29, 1.82) is 0 Å². The van der Waals surface area contributed by atoms with E-state index < -0.39 is 0 Å². The van der Waals surface area contributed by atoms with Gasteiger partial charge in [0.05, 0.1) is 0 Å². The second-order valence-electron chi connectivity index (χ2n) is 5.23. The quantitative estimate of drug-likeness (QED) is 0.712. The smallest absolute Gasteiger partial charge is 0.134 e. The van der Waals surface area contributed by atoms with Crippen LogP contribution in [0.15, 0.2) is 0 Å². The van der Waals surface area contributed by atoms with E-state index in [9.17, 15) is 4.79 Å². The molecule has 0 aromatic carbocycles. The minimum atomic E-state index is 0.491. The minimum Gasteiger partial charge on any atom is -0.300 e. The van der Waals surface area contributed by atoms with E-state index in [2.05, 4.69) is 11.8 Å². The molecule has 0 N–H and O–H groups in total. The van der Waals surface area contributed by atoms with Crippen molar-refractivity contribution in [2.75, 3.05) is 13.1 Å². The molecule has 0 radical (unpaired) electrons. The minimum absolute atomic E-state index is 0.491. The Morgan fingerprint density at radius 1 is 1.40 bits per heavy atom. The second-order valence-corrected chi connectivity index (χ2v) is 5.23. The van der Waals surface area contributed by atoms with E-state index in [1.165, 1.54) is 38.8 Å². The van der Waals surface area contributed by atoms with Crippen LogP contribution in [0.4, 0.5) is 0 Å². The van der Waals surface area contributed by atoms with Crippen LogP contribution < -0.4 is 0 Å². The molecule has 1 aliphatic carbocycles. The SMILES string of the molecule is CCCC1CCN(C2CCCC(=O)C2)C1. The highest BCUT2D eigenvalue weighted by molar-refractivity contribution is 5.79. The van der Waals surface area contributed by atoms with Gasteiger partial charge in [0.25, 0.3) is 0 Å². The first kappa shape index (κ1) is 11.1. The molecule has 2 aliphatic rings. The average Bonchev–Trinajstić information content (AvgIpc) is 2.67. The molecular formula is C13H23NO. The summed E-state index contributed by atoms with van der Waals surface area (Å²) < 4.78 is 0. The van der Waals surface area contributed by atoms with Crippen molar-refractivity contribution in [1.82, 2.24) is 4.90 Å². The van der Waals surface area contributed by atoms with Crippen LogP contribution in [0.5, 0.6) is 0 Å². The summed E-state index contributed by atoms with van der Waals surface area (Å²) in [4.78, 5) is 14.0. The third kappa shape index (κ3) is 2.81. The van der Waals surface area contributed by atoms with Gasteiger partial charge in [0, 0.05) is 25.4 Å². The van der Waals surface area contributed by atoms with Crippen molar-refractivity contribution >= 4 is 5.78 Å². The number of carbonyl (C=O) groups excluding carboxylic acids is 1. The molecule has 15 heavy (non-hydrogen) atoms. The Kier molecular flexibility index (Phi) is 3.79. The third-order valence-corrected chi connectivity index (χ3v) is 3.99. The van der Waals surface area contributed by atoms with Crippen molar-refractivity contribution in [3.8, 4) is 0 Å². The molecule has 1 heterocycles. The number of ketones is 1. The molecular weight excluding hydrogens is 186 g/mol. The molecule has 0 aromatic rings. The van der Waals surface area contributed by atoms with E-state index in [0.717, 1.165) is 25.2 Å². The first-order valence-corrected chi connectivity index (χ1v) is 6.55. The van der Waals surface area contributed by atoms with Gasteiger partial charge in [0.2, 0.25) is 0 Å². The summed E-state index contributed by atoms with van der Waals surface area (Å²) in [5.74, 6) is 1.40. The topological polar surface area (TPSA) is 20.3 Å². The first-order valence-electron chi connectivity index (χ1n) is 6.55. The molecule has 1 aliphatic heterocycles. The van der Waals surface area contributed by atoms with Crippen LogP contribution in [-0.4, -0.2) is 29.8 Å². The number of likely N-dealkylation sites (tertiary alicyclic amines) is 1. The Balaban J connectivity index is 1.81. The van der Waals surface area contributed by atoms with E-state index in [1.54, 1.807) is 0 Å². The zero-order chi connectivity index (χ0) is 10.7. The highest BCUT2D eigenvalue weighted by Gasteiger charge is 2.30. The van der Waals surface area contributed by atoms with Gasteiger partial charge in [-0.15, -0.1) is 0 Å². The van der Waals surface area contributed by atoms with Crippen LogP contribution in [0.1, 0.15) is 51.9 Å². The monoisotopic (exact) mass is 209 g/mol. The van der Waals surface area contributed by atoms with Crippen LogP contribution in [0.2, 0.25) is 0 Å².